The average Bonchev–Trinajstić information content (AvgIpc) is 2.29. The molecule has 4 nitrogen and oxygen atoms in total. The van der Waals surface area contributed by atoms with Gasteiger partial charge in [-0.1, -0.05) is 33.1 Å². The highest BCUT2D eigenvalue weighted by Crippen LogP contribution is 2.25. The van der Waals surface area contributed by atoms with Crippen LogP contribution in [0.4, 0.5) is 4.79 Å². The van der Waals surface area contributed by atoms with Gasteiger partial charge in [0.2, 0.25) is 0 Å². The van der Waals surface area contributed by atoms with E-state index in [1.807, 2.05) is 0 Å². The molecular weight excluding hydrogens is 227 g/mol. The Morgan fingerprint density at radius 2 is 2.00 bits per heavy atom. The van der Waals surface area contributed by atoms with Crippen molar-refractivity contribution in [2.45, 2.75) is 46.5 Å². The molecule has 0 radical (unpaired) electrons. The minimum Gasteiger partial charge on any atom is -0.425 e. The molecule has 0 spiro atoms. The van der Waals surface area contributed by atoms with Crippen LogP contribution in [0.15, 0.2) is 0 Å². The van der Waals surface area contributed by atoms with Crippen molar-refractivity contribution < 1.29 is 18.6 Å². The van der Waals surface area contributed by atoms with Crippen molar-refractivity contribution >= 4 is 13.7 Å². The van der Waals surface area contributed by atoms with Gasteiger partial charge in [-0.15, -0.1) is 4.52 Å². The molecule has 0 N–H and O–H groups in total. The Hall–Kier alpha value is -0.470. The topological polar surface area (TPSA) is 52.6 Å². The zero-order chi connectivity index (χ0) is 12.4. The smallest absolute Gasteiger partial charge is 0.425 e. The highest BCUT2D eigenvalue weighted by atomic mass is 31.1. The lowest BCUT2D eigenvalue weighted by molar-refractivity contribution is 0.142. The fourth-order valence-electron chi connectivity index (χ4n) is 1.31. The molecule has 0 fully saturated rings. The molecule has 0 aromatic rings. The normalized spacial score (nSPS) is 13.3. The Morgan fingerprint density at radius 3 is 2.50 bits per heavy atom. The third-order valence-corrected chi connectivity index (χ3v) is 3.30. The standard InChI is InChI=1S/C11H22O4P/c1-4-7-8-10(5-2)9-14-11(12)16(13)15-6-3/h10H,4-9H2,1-3H3/q+1. The first-order valence-electron chi connectivity index (χ1n) is 5.92. The Kier molecular flexibility index (Phi) is 9.45. The van der Waals surface area contributed by atoms with Gasteiger partial charge in [-0.05, 0) is 23.8 Å². The number of ether oxygens (including phenoxy) is 1. The van der Waals surface area contributed by atoms with Gasteiger partial charge in [0.25, 0.3) is 0 Å². The van der Waals surface area contributed by atoms with E-state index in [1.165, 1.54) is 0 Å². The second kappa shape index (κ2) is 9.73. The Bertz CT molecular complexity index is 218. The zero-order valence-corrected chi connectivity index (χ0v) is 11.3. The van der Waals surface area contributed by atoms with Crippen molar-refractivity contribution in [1.29, 1.82) is 0 Å². The second-order valence-corrected chi connectivity index (χ2v) is 4.81. The lowest BCUT2D eigenvalue weighted by Gasteiger charge is -2.11. The van der Waals surface area contributed by atoms with Gasteiger partial charge in [-0.2, -0.15) is 4.79 Å². The van der Waals surface area contributed by atoms with E-state index in [9.17, 15) is 9.36 Å². The van der Waals surface area contributed by atoms with Crippen LogP contribution in [0.5, 0.6) is 0 Å². The van der Waals surface area contributed by atoms with Gasteiger partial charge < -0.3 is 4.74 Å². The molecule has 0 aliphatic carbocycles. The number of carbonyl (C=O) groups excluding carboxylic acids is 1. The Morgan fingerprint density at radius 1 is 1.31 bits per heavy atom. The van der Waals surface area contributed by atoms with Gasteiger partial charge >= 0.3 is 13.7 Å². The quantitative estimate of drug-likeness (QED) is 0.577. The van der Waals surface area contributed by atoms with Crippen LogP contribution in [0.3, 0.4) is 0 Å². The molecule has 2 atom stereocenters. The fourth-order valence-corrected chi connectivity index (χ4v) is 1.83. The number of rotatable bonds is 9. The molecule has 0 saturated heterocycles. The highest BCUT2D eigenvalue weighted by molar-refractivity contribution is 7.58. The summed E-state index contributed by atoms with van der Waals surface area (Å²) in [6, 6.07) is 0. The van der Waals surface area contributed by atoms with Crippen molar-refractivity contribution in [3.05, 3.63) is 0 Å². The number of unbranched alkanes of at least 4 members (excludes halogenated alkanes) is 1. The molecule has 16 heavy (non-hydrogen) atoms. The van der Waals surface area contributed by atoms with Crippen LogP contribution < -0.4 is 0 Å². The summed E-state index contributed by atoms with van der Waals surface area (Å²) < 4.78 is 20.8. The summed E-state index contributed by atoms with van der Waals surface area (Å²) in [5.74, 6) is 0.369. The number of hydrogen-bond acceptors (Lipinski definition) is 4. The molecule has 94 valence electrons. The van der Waals surface area contributed by atoms with Gasteiger partial charge in [0.05, 0.1) is 6.61 Å². The molecule has 0 heterocycles. The first-order valence-corrected chi connectivity index (χ1v) is 7.10. The Labute approximate surface area is 98.6 Å². The molecule has 0 aromatic carbocycles. The summed E-state index contributed by atoms with van der Waals surface area (Å²) in [6.45, 7) is 6.50. The summed E-state index contributed by atoms with van der Waals surface area (Å²) in [7, 11) is -2.30. The predicted octanol–water partition coefficient (Wildman–Crippen LogP) is 4.12. The molecule has 2 unspecified atom stereocenters. The minimum atomic E-state index is -2.30. The highest BCUT2D eigenvalue weighted by Gasteiger charge is 2.33. The van der Waals surface area contributed by atoms with Crippen LogP contribution in [-0.4, -0.2) is 18.9 Å². The second-order valence-electron chi connectivity index (χ2n) is 3.67. The van der Waals surface area contributed by atoms with Crippen molar-refractivity contribution in [3.8, 4) is 0 Å². The van der Waals surface area contributed by atoms with Gasteiger partial charge in [-0.3, -0.25) is 0 Å². The van der Waals surface area contributed by atoms with Crippen molar-refractivity contribution in [3.63, 3.8) is 0 Å². The lowest BCUT2D eigenvalue weighted by atomic mass is 10.0. The van der Waals surface area contributed by atoms with Gasteiger partial charge in [0.1, 0.15) is 6.61 Å². The van der Waals surface area contributed by atoms with Crippen LogP contribution in [-0.2, 0) is 13.8 Å². The van der Waals surface area contributed by atoms with E-state index in [4.69, 9.17) is 4.74 Å². The van der Waals surface area contributed by atoms with Gasteiger partial charge in [-0.25, -0.2) is 0 Å². The Balaban J connectivity index is 3.82. The van der Waals surface area contributed by atoms with E-state index in [1.54, 1.807) is 6.92 Å². The lowest BCUT2D eigenvalue weighted by Crippen LogP contribution is -2.11. The summed E-state index contributed by atoms with van der Waals surface area (Å²) in [5, 5.41) is 0. The largest absolute Gasteiger partial charge is 0.636 e. The number of hydrogen-bond donors (Lipinski definition) is 0. The molecule has 0 saturated carbocycles. The van der Waals surface area contributed by atoms with Crippen LogP contribution in [0.1, 0.15) is 46.5 Å². The molecular formula is C11H22O4P+. The molecule has 0 aromatic heterocycles. The van der Waals surface area contributed by atoms with E-state index < -0.39 is 13.7 Å². The van der Waals surface area contributed by atoms with Crippen molar-refractivity contribution in [2.75, 3.05) is 13.2 Å². The number of carbonyl (C=O) groups is 1. The van der Waals surface area contributed by atoms with Gasteiger partial charge in [0.15, 0.2) is 0 Å². The van der Waals surface area contributed by atoms with Crippen LogP contribution in [0, 0.1) is 5.92 Å². The maximum atomic E-state index is 11.2. The molecule has 0 amide bonds. The fraction of sp³-hybridized carbons (Fsp3) is 0.909. The molecule has 0 aliphatic heterocycles. The SMILES string of the molecule is CCCCC(CC)COC(=O)[P+](=O)OCC. The first kappa shape index (κ1) is 15.5. The average molecular weight is 249 g/mol. The molecule has 0 rings (SSSR count). The van der Waals surface area contributed by atoms with E-state index in [2.05, 4.69) is 18.4 Å². The molecule has 5 heteroatoms. The van der Waals surface area contributed by atoms with E-state index >= 15 is 0 Å². The van der Waals surface area contributed by atoms with Crippen LogP contribution >= 0.6 is 8.03 Å². The zero-order valence-electron chi connectivity index (χ0n) is 10.4. The summed E-state index contributed by atoms with van der Waals surface area (Å²) >= 11 is 0. The van der Waals surface area contributed by atoms with Crippen LogP contribution in [0.25, 0.3) is 0 Å². The third-order valence-electron chi connectivity index (χ3n) is 2.38. The van der Waals surface area contributed by atoms with Gasteiger partial charge in [0, 0.05) is 0 Å². The first-order chi connectivity index (χ1) is 7.65. The minimum absolute atomic E-state index is 0.261. The van der Waals surface area contributed by atoms with Crippen molar-refractivity contribution in [1.82, 2.24) is 0 Å². The van der Waals surface area contributed by atoms with E-state index in [-0.39, 0.29) is 6.61 Å². The maximum absolute atomic E-state index is 11.2. The maximum Gasteiger partial charge on any atom is 0.636 e. The summed E-state index contributed by atoms with van der Waals surface area (Å²) in [6.07, 6.45) is 4.29. The van der Waals surface area contributed by atoms with Crippen LogP contribution in [0.2, 0.25) is 0 Å². The molecule has 0 aliphatic rings. The predicted molar refractivity (Wildman–Crippen MR) is 63.9 cm³/mol. The van der Waals surface area contributed by atoms with E-state index in [0.29, 0.717) is 12.5 Å². The van der Waals surface area contributed by atoms with E-state index in [0.717, 1.165) is 25.7 Å². The summed E-state index contributed by atoms with van der Waals surface area (Å²) in [4.78, 5) is 11.2. The molecule has 0 bridgehead atoms. The van der Waals surface area contributed by atoms with Crippen molar-refractivity contribution in [2.24, 2.45) is 5.92 Å². The monoisotopic (exact) mass is 249 g/mol. The summed E-state index contributed by atoms with van der Waals surface area (Å²) in [5.41, 5.74) is -0.730. The third kappa shape index (κ3) is 6.91.